The topological polar surface area (TPSA) is 99.4 Å². The van der Waals surface area contributed by atoms with Gasteiger partial charge < -0.3 is 20.7 Å². The van der Waals surface area contributed by atoms with Crippen molar-refractivity contribution in [3.63, 3.8) is 0 Å². The van der Waals surface area contributed by atoms with Gasteiger partial charge in [0.15, 0.2) is 0 Å². The second-order valence-corrected chi connectivity index (χ2v) is 10.0. The van der Waals surface area contributed by atoms with E-state index in [2.05, 4.69) is 46.5 Å². The van der Waals surface area contributed by atoms with Crippen molar-refractivity contribution in [2.24, 2.45) is 5.73 Å². The molecule has 164 valence electrons. The van der Waals surface area contributed by atoms with Crippen molar-refractivity contribution in [1.29, 1.82) is 0 Å². The van der Waals surface area contributed by atoms with Gasteiger partial charge in [0.05, 0.1) is 16.6 Å². The van der Waals surface area contributed by atoms with Crippen LogP contribution in [0.15, 0.2) is 41.3 Å². The molecule has 0 radical (unpaired) electrons. The van der Waals surface area contributed by atoms with Crippen molar-refractivity contribution in [1.82, 2.24) is 4.98 Å². The smallest absolute Gasteiger partial charge is 0.254 e. The van der Waals surface area contributed by atoms with Gasteiger partial charge in [0.2, 0.25) is 5.43 Å². The molecule has 0 fully saturated rings. The zero-order valence-corrected chi connectivity index (χ0v) is 19.3. The number of H-pyrrole nitrogens is 1. The molecule has 0 aliphatic carbocycles. The van der Waals surface area contributed by atoms with Crippen LogP contribution in [0, 0.1) is 0 Å². The number of anilines is 2. The standard InChI is InChI=1S/C25H31N3O3/c1-24(2,3)15-11-16(25(4,5)6)20(29)12-19(15)28(7)18-10-8-9-17-21(18)22(30)14(13-27-17)23(26)31/h8-13,29H,1-7H3,(H2,26,31)(H,27,30). The number of nitrogens with two attached hydrogens (primary N) is 1. The number of carbonyl (C=O) groups excluding carboxylic acids is 1. The molecule has 6 nitrogen and oxygen atoms in total. The molecule has 1 heterocycles. The lowest BCUT2D eigenvalue weighted by Gasteiger charge is -2.32. The van der Waals surface area contributed by atoms with Gasteiger partial charge in [0, 0.05) is 25.0 Å². The number of rotatable bonds is 3. The first-order chi connectivity index (χ1) is 14.2. The maximum Gasteiger partial charge on any atom is 0.254 e. The van der Waals surface area contributed by atoms with Gasteiger partial charge in [-0.1, -0.05) is 47.6 Å². The summed E-state index contributed by atoms with van der Waals surface area (Å²) in [6.07, 6.45) is 1.35. The number of phenolic OH excluding ortho intramolecular Hbond substituents is 1. The molecular weight excluding hydrogens is 390 g/mol. The molecule has 31 heavy (non-hydrogen) atoms. The van der Waals surface area contributed by atoms with Gasteiger partial charge in [0.25, 0.3) is 5.91 Å². The molecule has 1 amide bonds. The number of phenols is 1. The minimum Gasteiger partial charge on any atom is -0.508 e. The average molecular weight is 422 g/mol. The Kier molecular flexibility index (Phi) is 5.38. The molecular formula is C25H31N3O3. The molecule has 0 spiro atoms. The lowest BCUT2D eigenvalue weighted by molar-refractivity contribution is 0.0999. The highest BCUT2D eigenvalue weighted by atomic mass is 16.3. The fraction of sp³-hybridized carbons (Fsp3) is 0.360. The molecule has 3 rings (SSSR count). The van der Waals surface area contributed by atoms with Gasteiger partial charge in [-0.3, -0.25) is 9.59 Å². The van der Waals surface area contributed by atoms with Crippen LogP contribution in [0.1, 0.15) is 63.0 Å². The largest absolute Gasteiger partial charge is 0.508 e. The number of pyridine rings is 1. The van der Waals surface area contributed by atoms with Crippen LogP contribution >= 0.6 is 0 Å². The third-order valence-corrected chi connectivity index (χ3v) is 5.60. The molecule has 3 aromatic rings. The van der Waals surface area contributed by atoms with Crippen molar-refractivity contribution in [2.45, 2.75) is 52.4 Å². The Morgan fingerprint density at radius 2 is 1.61 bits per heavy atom. The van der Waals surface area contributed by atoms with Crippen LogP contribution in [-0.4, -0.2) is 23.0 Å². The van der Waals surface area contributed by atoms with Gasteiger partial charge in [-0.05, 0) is 40.2 Å². The van der Waals surface area contributed by atoms with Crippen LogP contribution in [0.5, 0.6) is 5.75 Å². The molecule has 2 aromatic carbocycles. The van der Waals surface area contributed by atoms with Crippen LogP contribution in [0.25, 0.3) is 10.9 Å². The first-order valence-electron chi connectivity index (χ1n) is 10.3. The van der Waals surface area contributed by atoms with Crippen molar-refractivity contribution in [3.8, 4) is 5.75 Å². The number of nitrogens with one attached hydrogen (secondary N) is 1. The number of aromatic amines is 1. The minimum atomic E-state index is -0.775. The Morgan fingerprint density at radius 1 is 1.00 bits per heavy atom. The van der Waals surface area contributed by atoms with E-state index in [4.69, 9.17) is 5.73 Å². The van der Waals surface area contributed by atoms with Gasteiger partial charge in [-0.15, -0.1) is 0 Å². The van der Waals surface area contributed by atoms with Crippen molar-refractivity contribution in [2.75, 3.05) is 11.9 Å². The highest BCUT2D eigenvalue weighted by Crippen LogP contribution is 2.43. The van der Waals surface area contributed by atoms with Crippen LogP contribution in [0.3, 0.4) is 0 Å². The molecule has 0 saturated carbocycles. The number of fused-ring (bicyclic) bond motifs is 1. The van der Waals surface area contributed by atoms with E-state index in [1.165, 1.54) is 6.20 Å². The number of carbonyl (C=O) groups is 1. The van der Waals surface area contributed by atoms with E-state index in [9.17, 15) is 14.7 Å². The van der Waals surface area contributed by atoms with E-state index in [0.717, 1.165) is 16.8 Å². The lowest BCUT2D eigenvalue weighted by Crippen LogP contribution is -2.25. The van der Waals surface area contributed by atoms with Crippen molar-refractivity contribution in [3.05, 3.63) is 63.4 Å². The summed E-state index contributed by atoms with van der Waals surface area (Å²) in [7, 11) is 1.85. The maximum absolute atomic E-state index is 13.1. The molecule has 0 aliphatic heterocycles. The first kappa shape index (κ1) is 22.4. The lowest BCUT2D eigenvalue weighted by atomic mass is 9.79. The SMILES string of the molecule is CN(c1cc(O)c(C(C)(C)C)cc1C(C)(C)C)c1cccc2[nH]cc(C(N)=O)c(=O)c12. The average Bonchev–Trinajstić information content (AvgIpc) is 2.64. The predicted octanol–water partition coefficient (Wildman–Crippen LogP) is 4.70. The molecule has 4 N–H and O–H groups in total. The Morgan fingerprint density at radius 3 is 2.16 bits per heavy atom. The highest BCUT2D eigenvalue weighted by molar-refractivity contribution is 6.00. The number of aromatic hydroxyl groups is 1. The number of amides is 1. The van der Waals surface area contributed by atoms with Crippen LogP contribution in [-0.2, 0) is 10.8 Å². The van der Waals surface area contributed by atoms with E-state index in [1.807, 2.05) is 30.1 Å². The third kappa shape index (κ3) is 4.02. The van der Waals surface area contributed by atoms with Gasteiger partial charge in [-0.25, -0.2) is 0 Å². The molecule has 6 heteroatoms. The van der Waals surface area contributed by atoms with E-state index in [0.29, 0.717) is 16.6 Å². The Bertz CT molecular complexity index is 1230. The third-order valence-electron chi connectivity index (χ3n) is 5.60. The van der Waals surface area contributed by atoms with Crippen LogP contribution in [0.4, 0.5) is 11.4 Å². The van der Waals surface area contributed by atoms with Crippen LogP contribution < -0.4 is 16.1 Å². The first-order valence-corrected chi connectivity index (χ1v) is 10.3. The van der Waals surface area contributed by atoms with Gasteiger partial charge in [0.1, 0.15) is 11.3 Å². The number of hydrogen-bond acceptors (Lipinski definition) is 4. The Balaban J connectivity index is 2.34. The maximum atomic E-state index is 13.1. The second-order valence-electron chi connectivity index (χ2n) is 10.0. The molecule has 0 unspecified atom stereocenters. The number of benzene rings is 2. The summed E-state index contributed by atoms with van der Waals surface area (Å²) in [5.74, 6) is -0.572. The van der Waals surface area contributed by atoms with E-state index < -0.39 is 11.3 Å². The number of aromatic nitrogens is 1. The monoisotopic (exact) mass is 421 g/mol. The van der Waals surface area contributed by atoms with E-state index >= 15 is 0 Å². The summed E-state index contributed by atoms with van der Waals surface area (Å²) < 4.78 is 0. The van der Waals surface area contributed by atoms with Crippen molar-refractivity contribution < 1.29 is 9.90 Å². The highest BCUT2D eigenvalue weighted by Gasteiger charge is 2.27. The summed E-state index contributed by atoms with van der Waals surface area (Å²) in [6.45, 7) is 12.5. The summed E-state index contributed by atoms with van der Waals surface area (Å²) in [6, 6.07) is 9.25. The molecule has 0 atom stereocenters. The van der Waals surface area contributed by atoms with Gasteiger partial charge in [-0.2, -0.15) is 0 Å². The minimum absolute atomic E-state index is 0.0877. The zero-order chi connectivity index (χ0) is 23.3. The molecule has 1 aromatic heterocycles. The molecule has 0 bridgehead atoms. The molecule has 0 saturated heterocycles. The van der Waals surface area contributed by atoms with Crippen molar-refractivity contribution >= 4 is 28.2 Å². The number of nitrogens with zero attached hydrogens (tertiary/aromatic N) is 1. The summed E-state index contributed by atoms with van der Waals surface area (Å²) in [5.41, 5.74) is 8.36. The van der Waals surface area contributed by atoms with E-state index in [1.54, 1.807) is 12.1 Å². The normalized spacial score (nSPS) is 12.2. The number of primary amides is 1. The Hall–Kier alpha value is -3.28. The summed E-state index contributed by atoms with van der Waals surface area (Å²) in [4.78, 5) is 29.7. The van der Waals surface area contributed by atoms with Gasteiger partial charge >= 0.3 is 0 Å². The second kappa shape index (κ2) is 7.45. The predicted molar refractivity (Wildman–Crippen MR) is 127 cm³/mol. The summed E-state index contributed by atoms with van der Waals surface area (Å²) >= 11 is 0. The zero-order valence-electron chi connectivity index (χ0n) is 19.3. The van der Waals surface area contributed by atoms with Crippen LogP contribution in [0.2, 0.25) is 0 Å². The fourth-order valence-electron chi connectivity index (χ4n) is 3.90. The Labute approximate surface area is 182 Å². The summed E-state index contributed by atoms with van der Waals surface area (Å²) in [5, 5.41) is 11.2. The number of hydrogen-bond donors (Lipinski definition) is 3. The van der Waals surface area contributed by atoms with E-state index in [-0.39, 0.29) is 22.1 Å². The quantitative estimate of drug-likeness (QED) is 0.571. The fourth-order valence-corrected chi connectivity index (χ4v) is 3.90. The molecule has 0 aliphatic rings.